The molecule has 5 nitrogen and oxygen atoms in total. The minimum Gasteiger partial charge on any atom is -0.459 e. The fourth-order valence-electron chi connectivity index (χ4n) is 2.18. The molecule has 0 atom stereocenters. The summed E-state index contributed by atoms with van der Waals surface area (Å²) in [4.78, 5) is 3.98. The number of hydrogen-bond acceptors (Lipinski definition) is 4. The first kappa shape index (κ1) is 11.9. The van der Waals surface area contributed by atoms with Crippen molar-refractivity contribution in [1.29, 1.82) is 0 Å². The van der Waals surface area contributed by atoms with E-state index in [1.807, 2.05) is 22.9 Å². The predicted octanol–water partition coefficient (Wildman–Crippen LogP) is 2.18. The maximum atomic E-state index is 5.93. The first-order valence-electron chi connectivity index (χ1n) is 6.41. The fraction of sp³-hybridized carbons (Fsp3) is 0.286. The predicted molar refractivity (Wildman–Crippen MR) is 72.7 cm³/mol. The molecular formula is C14H16N4O. The Labute approximate surface area is 111 Å². The number of nitrogens with zero attached hydrogens (tertiary/aromatic N) is 3. The summed E-state index contributed by atoms with van der Waals surface area (Å²) in [6.07, 6.45) is 3.27. The van der Waals surface area contributed by atoms with Crippen LogP contribution in [0, 0.1) is 0 Å². The molecular weight excluding hydrogens is 240 g/mol. The summed E-state index contributed by atoms with van der Waals surface area (Å²) in [6.45, 7) is 4.41. The Balaban J connectivity index is 2.02. The number of nitrogens with one attached hydrogen (secondary N) is 1. The summed E-state index contributed by atoms with van der Waals surface area (Å²) in [5.74, 6) is 0.971. The Hall–Kier alpha value is -2.14. The van der Waals surface area contributed by atoms with E-state index in [0.717, 1.165) is 29.8 Å². The van der Waals surface area contributed by atoms with Gasteiger partial charge in [-0.25, -0.2) is 9.67 Å². The summed E-state index contributed by atoms with van der Waals surface area (Å²) < 4.78 is 7.74. The van der Waals surface area contributed by atoms with Gasteiger partial charge in [-0.3, -0.25) is 0 Å². The number of para-hydroxylation sites is 1. The van der Waals surface area contributed by atoms with Crippen LogP contribution in [0.15, 0.2) is 41.3 Å². The second kappa shape index (κ2) is 5.24. The molecule has 0 aliphatic carbocycles. The highest BCUT2D eigenvalue weighted by molar-refractivity contribution is 5.82. The van der Waals surface area contributed by atoms with E-state index in [4.69, 9.17) is 4.42 Å². The summed E-state index contributed by atoms with van der Waals surface area (Å²) in [5.41, 5.74) is 2.09. The molecule has 3 rings (SSSR count). The van der Waals surface area contributed by atoms with Crippen LogP contribution in [0.3, 0.4) is 0 Å². The standard InChI is InChI=1S/C14H16N4O/c1-2-15-7-14-12(8-18-10-16-9-17-18)11-5-3-4-6-13(11)19-14/h3-6,9-10,15H,2,7-8H2,1H3. The molecule has 0 radical (unpaired) electrons. The Bertz CT molecular complexity index is 657. The molecule has 5 heteroatoms. The van der Waals surface area contributed by atoms with Crippen molar-refractivity contribution in [3.05, 3.63) is 48.2 Å². The van der Waals surface area contributed by atoms with Gasteiger partial charge in [-0.1, -0.05) is 25.1 Å². The first-order valence-corrected chi connectivity index (χ1v) is 6.41. The third kappa shape index (κ3) is 2.37. The van der Waals surface area contributed by atoms with Crippen LogP contribution >= 0.6 is 0 Å². The second-order valence-corrected chi connectivity index (χ2v) is 4.37. The number of benzene rings is 1. The van der Waals surface area contributed by atoms with Gasteiger partial charge in [-0.15, -0.1) is 0 Å². The van der Waals surface area contributed by atoms with Crippen molar-refractivity contribution in [2.24, 2.45) is 0 Å². The van der Waals surface area contributed by atoms with E-state index in [0.29, 0.717) is 6.54 Å². The Morgan fingerprint density at radius 2 is 2.21 bits per heavy atom. The maximum absolute atomic E-state index is 5.93. The van der Waals surface area contributed by atoms with Crippen LogP contribution in [0.5, 0.6) is 0 Å². The molecule has 0 bridgehead atoms. The number of fused-ring (bicyclic) bond motifs is 1. The lowest BCUT2D eigenvalue weighted by Crippen LogP contribution is -2.13. The summed E-state index contributed by atoms with van der Waals surface area (Å²) in [7, 11) is 0. The SMILES string of the molecule is CCNCc1oc2ccccc2c1Cn1cncn1. The third-order valence-corrected chi connectivity index (χ3v) is 3.10. The zero-order valence-electron chi connectivity index (χ0n) is 10.8. The van der Waals surface area contributed by atoms with Crippen molar-refractivity contribution in [2.45, 2.75) is 20.0 Å². The quantitative estimate of drug-likeness (QED) is 0.760. The molecule has 0 aliphatic heterocycles. The van der Waals surface area contributed by atoms with Gasteiger partial charge in [0.25, 0.3) is 0 Å². The molecule has 0 saturated heterocycles. The molecule has 1 N–H and O–H groups in total. The lowest BCUT2D eigenvalue weighted by Gasteiger charge is -2.03. The van der Waals surface area contributed by atoms with Crippen molar-refractivity contribution in [1.82, 2.24) is 20.1 Å². The molecule has 98 valence electrons. The van der Waals surface area contributed by atoms with Crippen molar-refractivity contribution in [3.8, 4) is 0 Å². The van der Waals surface area contributed by atoms with Gasteiger partial charge in [-0.05, 0) is 12.6 Å². The number of furan rings is 1. The highest BCUT2D eigenvalue weighted by atomic mass is 16.3. The average molecular weight is 256 g/mol. The smallest absolute Gasteiger partial charge is 0.137 e. The van der Waals surface area contributed by atoms with Crippen molar-refractivity contribution in [3.63, 3.8) is 0 Å². The number of aromatic nitrogens is 3. The number of hydrogen-bond donors (Lipinski definition) is 1. The lowest BCUT2D eigenvalue weighted by atomic mass is 10.1. The maximum Gasteiger partial charge on any atom is 0.137 e. The normalized spacial score (nSPS) is 11.2. The molecule has 0 unspecified atom stereocenters. The molecule has 2 aromatic heterocycles. The van der Waals surface area contributed by atoms with E-state index in [1.54, 1.807) is 12.7 Å². The molecule has 0 saturated carbocycles. The van der Waals surface area contributed by atoms with Gasteiger partial charge in [0.15, 0.2) is 0 Å². The van der Waals surface area contributed by atoms with E-state index < -0.39 is 0 Å². The second-order valence-electron chi connectivity index (χ2n) is 4.37. The molecule has 0 spiro atoms. The first-order chi connectivity index (χ1) is 9.38. The molecule has 0 aliphatic rings. The molecule has 2 heterocycles. The zero-order valence-corrected chi connectivity index (χ0v) is 10.8. The van der Waals surface area contributed by atoms with Gasteiger partial charge in [0.2, 0.25) is 0 Å². The highest BCUT2D eigenvalue weighted by Crippen LogP contribution is 2.26. The summed E-state index contributed by atoms with van der Waals surface area (Å²) >= 11 is 0. The van der Waals surface area contributed by atoms with Gasteiger partial charge < -0.3 is 9.73 Å². The Morgan fingerprint density at radius 1 is 1.32 bits per heavy atom. The van der Waals surface area contributed by atoms with E-state index in [1.165, 1.54) is 5.56 Å². The van der Waals surface area contributed by atoms with Crippen LogP contribution in [0.4, 0.5) is 0 Å². The van der Waals surface area contributed by atoms with E-state index >= 15 is 0 Å². The minimum atomic E-state index is 0.678. The summed E-state index contributed by atoms with van der Waals surface area (Å²) in [5, 5.41) is 8.61. The van der Waals surface area contributed by atoms with Crippen molar-refractivity contribution in [2.75, 3.05) is 6.54 Å². The molecule has 19 heavy (non-hydrogen) atoms. The largest absolute Gasteiger partial charge is 0.459 e. The van der Waals surface area contributed by atoms with Crippen LogP contribution in [-0.2, 0) is 13.1 Å². The van der Waals surface area contributed by atoms with Crippen LogP contribution in [0.1, 0.15) is 18.2 Å². The van der Waals surface area contributed by atoms with Crippen LogP contribution in [0.25, 0.3) is 11.0 Å². The Morgan fingerprint density at radius 3 is 3.00 bits per heavy atom. The van der Waals surface area contributed by atoms with Gasteiger partial charge in [0.05, 0.1) is 13.1 Å². The molecule has 3 aromatic rings. The third-order valence-electron chi connectivity index (χ3n) is 3.10. The fourth-order valence-corrected chi connectivity index (χ4v) is 2.18. The van der Waals surface area contributed by atoms with E-state index in [9.17, 15) is 0 Å². The minimum absolute atomic E-state index is 0.678. The molecule has 0 amide bonds. The summed E-state index contributed by atoms with van der Waals surface area (Å²) in [6, 6.07) is 8.10. The van der Waals surface area contributed by atoms with Gasteiger partial charge in [0, 0.05) is 10.9 Å². The Kier molecular flexibility index (Phi) is 3.29. The van der Waals surface area contributed by atoms with E-state index in [2.05, 4.69) is 28.4 Å². The van der Waals surface area contributed by atoms with Crippen molar-refractivity contribution < 1.29 is 4.42 Å². The van der Waals surface area contributed by atoms with Gasteiger partial charge >= 0.3 is 0 Å². The van der Waals surface area contributed by atoms with Gasteiger partial charge in [0.1, 0.15) is 24.0 Å². The monoisotopic (exact) mass is 256 g/mol. The topological polar surface area (TPSA) is 55.9 Å². The lowest BCUT2D eigenvalue weighted by molar-refractivity contribution is 0.508. The van der Waals surface area contributed by atoms with Crippen molar-refractivity contribution >= 4 is 11.0 Å². The van der Waals surface area contributed by atoms with Crippen LogP contribution in [-0.4, -0.2) is 21.3 Å². The average Bonchev–Trinajstić information content (AvgIpc) is 3.06. The van der Waals surface area contributed by atoms with Crippen LogP contribution < -0.4 is 5.32 Å². The highest BCUT2D eigenvalue weighted by Gasteiger charge is 2.14. The zero-order chi connectivity index (χ0) is 13.1. The van der Waals surface area contributed by atoms with Crippen LogP contribution in [0.2, 0.25) is 0 Å². The van der Waals surface area contributed by atoms with Gasteiger partial charge in [-0.2, -0.15) is 5.10 Å². The molecule has 1 aromatic carbocycles. The number of rotatable bonds is 5. The van der Waals surface area contributed by atoms with E-state index in [-0.39, 0.29) is 0 Å². The molecule has 0 fully saturated rings.